The molecule has 1 aliphatic carbocycles. The van der Waals surface area contributed by atoms with E-state index in [-0.39, 0.29) is 29.2 Å². The summed E-state index contributed by atoms with van der Waals surface area (Å²) in [5, 5.41) is 0. The van der Waals surface area contributed by atoms with Crippen LogP contribution in [-0.4, -0.2) is 42.4 Å². The lowest BCUT2D eigenvalue weighted by atomic mass is 9.90. The molecule has 2 fully saturated rings. The lowest BCUT2D eigenvalue weighted by molar-refractivity contribution is -0.129. The van der Waals surface area contributed by atoms with Crippen LogP contribution in [0.4, 0.5) is 17.6 Å². The van der Waals surface area contributed by atoms with E-state index in [9.17, 15) is 22.4 Å². The van der Waals surface area contributed by atoms with Gasteiger partial charge in [-0.15, -0.1) is 0 Å². The lowest BCUT2D eigenvalue weighted by Gasteiger charge is -2.44. The Hall–Kier alpha value is -3.04. The first-order valence-corrected chi connectivity index (χ1v) is 14.1. The number of nitrogens with one attached hydrogen (secondary N) is 1. The van der Waals surface area contributed by atoms with E-state index < -0.39 is 24.3 Å². The van der Waals surface area contributed by atoms with E-state index in [0.717, 1.165) is 31.5 Å². The van der Waals surface area contributed by atoms with Crippen LogP contribution in [0.15, 0.2) is 72.8 Å². The van der Waals surface area contributed by atoms with E-state index >= 15 is 0 Å². The number of rotatable bonds is 11. The average molecular weight is 559 g/mol. The van der Waals surface area contributed by atoms with Gasteiger partial charge in [-0.25, -0.2) is 4.39 Å². The predicted octanol–water partition coefficient (Wildman–Crippen LogP) is 7.13. The topological polar surface area (TPSA) is 41.6 Å². The van der Waals surface area contributed by atoms with Crippen LogP contribution in [0.1, 0.15) is 58.3 Å². The van der Waals surface area contributed by atoms with Crippen molar-refractivity contribution >= 4 is 17.9 Å². The molecule has 1 aliphatic heterocycles. The highest BCUT2D eigenvalue weighted by Crippen LogP contribution is 2.45. The van der Waals surface area contributed by atoms with Gasteiger partial charge in [-0.2, -0.15) is 13.2 Å². The summed E-state index contributed by atoms with van der Waals surface area (Å²) in [4.78, 5) is 14.9. The zero-order chi connectivity index (χ0) is 27.4. The number of amides is 1. The van der Waals surface area contributed by atoms with Crippen LogP contribution in [0.2, 0.25) is 0 Å². The maximum Gasteiger partial charge on any atom is 0.389 e. The van der Waals surface area contributed by atoms with E-state index in [4.69, 9.17) is 4.74 Å². The molecule has 1 saturated carbocycles. The molecule has 1 heterocycles. The normalized spacial score (nSPS) is 16.2. The maximum absolute atomic E-state index is 14.9. The molecule has 0 bridgehead atoms. The van der Waals surface area contributed by atoms with Gasteiger partial charge < -0.3 is 4.74 Å². The minimum Gasteiger partial charge on any atom is -0.493 e. The number of alkyl halides is 3. The summed E-state index contributed by atoms with van der Waals surface area (Å²) in [5.74, 6) is -0.896. The number of carbonyl (C=O) groups is 1. The van der Waals surface area contributed by atoms with Crippen molar-refractivity contribution in [2.24, 2.45) is 5.92 Å². The second-order valence-electron chi connectivity index (χ2n) is 10.1. The Bertz CT molecular complexity index is 1220. The molecule has 0 radical (unpaired) electrons. The van der Waals surface area contributed by atoms with E-state index in [2.05, 4.69) is 33.9 Å². The first-order valence-electron chi connectivity index (χ1n) is 13.1. The molecule has 4 nitrogen and oxygen atoms in total. The van der Waals surface area contributed by atoms with Crippen LogP contribution in [0.25, 0.3) is 0 Å². The number of nitrogens with zero attached hydrogens (tertiary/aromatic N) is 1. The Morgan fingerprint density at radius 3 is 2.18 bits per heavy atom. The Kier molecular flexibility index (Phi) is 8.47. The Labute approximate surface area is 229 Å². The van der Waals surface area contributed by atoms with Crippen molar-refractivity contribution in [3.8, 4) is 5.75 Å². The van der Waals surface area contributed by atoms with Crippen LogP contribution in [0, 0.1) is 11.7 Å². The quantitative estimate of drug-likeness (QED) is 0.154. The molecule has 9 heteroatoms. The van der Waals surface area contributed by atoms with Gasteiger partial charge in [-0.1, -0.05) is 60.7 Å². The number of halogens is 4. The molecule has 0 unspecified atom stereocenters. The highest BCUT2D eigenvalue weighted by molar-refractivity contribution is 7.97. The average Bonchev–Trinajstić information content (AvgIpc) is 3.74. The Morgan fingerprint density at radius 1 is 1.00 bits per heavy atom. The summed E-state index contributed by atoms with van der Waals surface area (Å²) >= 11 is 0.628. The first-order chi connectivity index (χ1) is 18.8. The molecule has 0 aromatic heterocycles. The van der Waals surface area contributed by atoms with Crippen molar-refractivity contribution in [3.05, 3.63) is 101 Å². The van der Waals surface area contributed by atoms with Crippen molar-refractivity contribution in [2.45, 2.75) is 37.4 Å². The standard InChI is InChI=1S/C30H30F4N2O2S/c31-26-16-27(24(21-11-12-21)15-25(26)29(37)35-39-14-13-30(32,33)34)38-19-20-17-36(18-20)28(22-7-3-1-4-8-22)23-9-5-2-6-10-23/h1-10,15-16,20-21,28H,11-14,17-19H2,(H,35,37). The minimum absolute atomic E-state index is 0.148. The molecule has 39 heavy (non-hydrogen) atoms. The number of hydrogen-bond donors (Lipinski definition) is 1. The number of likely N-dealkylation sites (tertiary alicyclic amines) is 1. The van der Waals surface area contributed by atoms with Crippen LogP contribution < -0.4 is 9.46 Å². The van der Waals surface area contributed by atoms with Gasteiger partial charge in [0.2, 0.25) is 0 Å². The fraction of sp³-hybridized carbons (Fsp3) is 0.367. The van der Waals surface area contributed by atoms with Crippen molar-refractivity contribution in [1.29, 1.82) is 0 Å². The van der Waals surface area contributed by atoms with Crippen LogP contribution >= 0.6 is 11.9 Å². The number of carbonyl (C=O) groups excluding carboxylic acids is 1. The van der Waals surface area contributed by atoms with Gasteiger partial charge in [0, 0.05) is 30.8 Å². The monoisotopic (exact) mass is 558 g/mol. The highest BCUT2D eigenvalue weighted by Gasteiger charge is 2.35. The van der Waals surface area contributed by atoms with Gasteiger partial charge in [0.15, 0.2) is 0 Å². The zero-order valence-electron chi connectivity index (χ0n) is 21.3. The van der Waals surface area contributed by atoms with Gasteiger partial charge in [0.05, 0.1) is 24.6 Å². The number of hydrogen-bond acceptors (Lipinski definition) is 4. The maximum atomic E-state index is 14.9. The van der Waals surface area contributed by atoms with Gasteiger partial charge in [-0.3, -0.25) is 14.4 Å². The van der Waals surface area contributed by atoms with Crippen LogP contribution in [0.5, 0.6) is 5.75 Å². The third-order valence-electron chi connectivity index (χ3n) is 7.07. The smallest absolute Gasteiger partial charge is 0.389 e. The van der Waals surface area contributed by atoms with Crippen molar-refractivity contribution < 1.29 is 27.1 Å². The molecule has 1 N–H and O–H groups in total. The third kappa shape index (κ3) is 7.13. The summed E-state index contributed by atoms with van der Waals surface area (Å²) in [5.41, 5.74) is 3.06. The summed E-state index contributed by atoms with van der Waals surface area (Å²) in [6, 6.07) is 23.6. The van der Waals surface area contributed by atoms with E-state index in [1.165, 1.54) is 23.3 Å². The molecule has 0 atom stereocenters. The first kappa shape index (κ1) is 27.5. The third-order valence-corrected chi connectivity index (χ3v) is 7.81. The summed E-state index contributed by atoms with van der Waals surface area (Å²) in [6.45, 7) is 2.11. The van der Waals surface area contributed by atoms with Gasteiger partial charge >= 0.3 is 6.18 Å². The molecule has 5 rings (SSSR count). The van der Waals surface area contributed by atoms with Gasteiger partial charge in [0.25, 0.3) is 5.91 Å². The molecule has 0 spiro atoms. The molecule has 3 aromatic rings. The minimum atomic E-state index is -4.30. The van der Waals surface area contributed by atoms with E-state index in [1.54, 1.807) is 0 Å². The summed E-state index contributed by atoms with van der Waals surface area (Å²) in [6.07, 6.45) is -3.48. The van der Waals surface area contributed by atoms with Crippen molar-refractivity contribution in [2.75, 3.05) is 25.4 Å². The summed E-state index contributed by atoms with van der Waals surface area (Å²) in [7, 11) is 0. The fourth-order valence-corrected chi connectivity index (χ4v) is 5.62. The molecular formula is C30H30F4N2O2S. The lowest BCUT2D eigenvalue weighted by Crippen LogP contribution is -2.51. The largest absolute Gasteiger partial charge is 0.493 e. The number of benzene rings is 3. The van der Waals surface area contributed by atoms with Gasteiger partial charge in [-0.05, 0) is 53.5 Å². The summed E-state index contributed by atoms with van der Waals surface area (Å²) < 4.78 is 60.3. The highest BCUT2D eigenvalue weighted by atomic mass is 32.2. The molecule has 1 amide bonds. The second kappa shape index (κ2) is 12.0. The molecule has 206 valence electrons. The number of ether oxygens (including phenoxy) is 1. The zero-order valence-corrected chi connectivity index (χ0v) is 22.1. The molecule has 3 aromatic carbocycles. The Balaban J connectivity index is 1.20. The molecular weight excluding hydrogens is 528 g/mol. The van der Waals surface area contributed by atoms with E-state index in [0.29, 0.717) is 24.3 Å². The SMILES string of the molecule is O=C(NSCCC(F)(F)F)c1cc(C2CC2)c(OCC2CN(C(c3ccccc3)c3ccccc3)C2)cc1F. The Morgan fingerprint density at radius 2 is 1.62 bits per heavy atom. The van der Waals surface area contributed by atoms with Crippen LogP contribution in [0.3, 0.4) is 0 Å². The second-order valence-corrected chi connectivity index (χ2v) is 11.0. The molecule has 2 aliphatic rings. The van der Waals surface area contributed by atoms with Gasteiger partial charge in [0.1, 0.15) is 11.6 Å². The molecule has 1 saturated heterocycles. The van der Waals surface area contributed by atoms with Crippen molar-refractivity contribution in [3.63, 3.8) is 0 Å². The van der Waals surface area contributed by atoms with Crippen LogP contribution in [-0.2, 0) is 0 Å². The fourth-order valence-electron chi connectivity index (χ4n) is 4.94. The van der Waals surface area contributed by atoms with Crippen molar-refractivity contribution in [1.82, 2.24) is 9.62 Å². The predicted molar refractivity (Wildman–Crippen MR) is 144 cm³/mol. The van der Waals surface area contributed by atoms with E-state index in [1.807, 2.05) is 36.4 Å².